The van der Waals surface area contributed by atoms with Gasteiger partial charge >= 0.3 is 0 Å². The SMILES string of the molecule is CC(C(=O)NCc1cccc(CN2CCOCC2)c1)S(=O)(=O)c1ccc(F)cc1. The summed E-state index contributed by atoms with van der Waals surface area (Å²) >= 11 is 0. The monoisotopic (exact) mass is 420 g/mol. The van der Waals surface area contributed by atoms with Crippen molar-refractivity contribution >= 4 is 15.7 Å². The first-order valence-electron chi connectivity index (χ1n) is 9.51. The molecule has 1 amide bonds. The van der Waals surface area contributed by atoms with Gasteiger partial charge in [-0.05, 0) is 42.3 Å². The maximum atomic E-state index is 13.0. The Morgan fingerprint density at radius 3 is 2.48 bits per heavy atom. The van der Waals surface area contributed by atoms with E-state index in [1.165, 1.54) is 19.1 Å². The van der Waals surface area contributed by atoms with Gasteiger partial charge in [-0.3, -0.25) is 9.69 Å². The highest BCUT2D eigenvalue weighted by atomic mass is 32.2. The van der Waals surface area contributed by atoms with E-state index >= 15 is 0 Å². The van der Waals surface area contributed by atoms with Crippen LogP contribution in [0.5, 0.6) is 0 Å². The molecule has 1 atom stereocenters. The van der Waals surface area contributed by atoms with Crippen molar-refractivity contribution in [2.24, 2.45) is 0 Å². The van der Waals surface area contributed by atoms with E-state index in [0.717, 1.165) is 56.1 Å². The molecule has 0 saturated carbocycles. The molecule has 3 rings (SSSR count). The second-order valence-corrected chi connectivity index (χ2v) is 9.34. The Bertz CT molecular complexity index is 941. The zero-order chi connectivity index (χ0) is 20.9. The molecular formula is C21H25FN2O4S. The highest BCUT2D eigenvalue weighted by molar-refractivity contribution is 7.92. The van der Waals surface area contributed by atoms with Gasteiger partial charge in [0.15, 0.2) is 9.84 Å². The summed E-state index contributed by atoms with van der Waals surface area (Å²) in [4.78, 5) is 14.6. The largest absolute Gasteiger partial charge is 0.379 e. The van der Waals surface area contributed by atoms with Crippen molar-refractivity contribution in [1.82, 2.24) is 10.2 Å². The quantitative estimate of drug-likeness (QED) is 0.695. The number of rotatable bonds is 7. The molecule has 6 nitrogen and oxygen atoms in total. The van der Waals surface area contributed by atoms with Crippen LogP contribution in [0.25, 0.3) is 0 Å². The van der Waals surface area contributed by atoms with Crippen molar-refractivity contribution in [1.29, 1.82) is 0 Å². The summed E-state index contributed by atoms with van der Waals surface area (Å²) < 4.78 is 43.5. The van der Waals surface area contributed by atoms with Gasteiger partial charge < -0.3 is 10.1 Å². The van der Waals surface area contributed by atoms with Crippen molar-refractivity contribution in [3.63, 3.8) is 0 Å². The van der Waals surface area contributed by atoms with Crippen LogP contribution < -0.4 is 5.32 Å². The zero-order valence-electron chi connectivity index (χ0n) is 16.3. The van der Waals surface area contributed by atoms with Gasteiger partial charge in [0, 0.05) is 26.2 Å². The van der Waals surface area contributed by atoms with Crippen LogP contribution in [-0.4, -0.2) is 50.8 Å². The molecule has 0 aliphatic carbocycles. The molecule has 1 aliphatic rings. The molecule has 0 radical (unpaired) electrons. The van der Waals surface area contributed by atoms with Gasteiger partial charge in [-0.2, -0.15) is 0 Å². The standard InChI is InChI=1S/C21H25FN2O4S/c1-16(29(26,27)20-7-5-19(22)6-8-20)21(25)23-14-17-3-2-4-18(13-17)15-24-9-11-28-12-10-24/h2-8,13,16H,9-12,14-15H2,1H3,(H,23,25). The van der Waals surface area contributed by atoms with Crippen LogP contribution in [0.15, 0.2) is 53.4 Å². The van der Waals surface area contributed by atoms with Gasteiger partial charge in [0.2, 0.25) is 5.91 Å². The number of nitrogens with one attached hydrogen (secondary N) is 1. The average molecular weight is 421 g/mol. The molecule has 1 saturated heterocycles. The Kier molecular flexibility index (Phi) is 7.00. The molecule has 2 aromatic carbocycles. The fourth-order valence-corrected chi connectivity index (χ4v) is 4.45. The molecule has 1 fully saturated rings. The lowest BCUT2D eigenvalue weighted by Crippen LogP contribution is -2.37. The Morgan fingerprint density at radius 2 is 1.79 bits per heavy atom. The van der Waals surface area contributed by atoms with Crippen LogP contribution in [0.2, 0.25) is 0 Å². The van der Waals surface area contributed by atoms with E-state index in [0.29, 0.717) is 0 Å². The van der Waals surface area contributed by atoms with Crippen LogP contribution in [0.1, 0.15) is 18.1 Å². The van der Waals surface area contributed by atoms with Crippen LogP contribution in [0.3, 0.4) is 0 Å². The van der Waals surface area contributed by atoms with Gasteiger partial charge in [0.05, 0.1) is 18.1 Å². The lowest BCUT2D eigenvalue weighted by Gasteiger charge is -2.26. The van der Waals surface area contributed by atoms with Gasteiger partial charge in [-0.1, -0.05) is 24.3 Å². The van der Waals surface area contributed by atoms with Gasteiger partial charge in [0.25, 0.3) is 0 Å². The van der Waals surface area contributed by atoms with Crippen molar-refractivity contribution in [2.75, 3.05) is 26.3 Å². The molecule has 29 heavy (non-hydrogen) atoms. The lowest BCUT2D eigenvalue weighted by atomic mass is 10.1. The van der Waals surface area contributed by atoms with Crippen LogP contribution in [0, 0.1) is 5.82 Å². The van der Waals surface area contributed by atoms with Gasteiger partial charge in [0.1, 0.15) is 11.1 Å². The zero-order valence-corrected chi connectivity index (χ0v) is 17.1. The van der Waals surface area contributed by atoms with Crippen LogP contribution >= 0.6 is 0 Å². The Hall–Kier alpha value is -2.29. The summed E-state index contributed by atoms with van der Waals surface area (Å²) in [7, 11) is -3.88. The van der Waals surface area contributed by atoms with Crippen LogP contribution in [0.4, 0.5) is 4.39 Å². The van der Waals surface area contributed by atoms with E-state index in [1.54, 1.807) is 0 Å². The van der Waals surface area contributed by atoms with Gasteiger partial charge in [-0.25, -0.2) is 12.8 Å². The minimum atomic E-state index is -3.88. The third-order valence-electron chi connectivity index (χ3n) is 4.94. The smallest absolute Gasteiger partial charge is 0.238 e. The molecule has 0 spiro atoms. The number of amides is 1. The summed E-state index contributed by atoms with van der Waals surface area (Å²) in [6.07, 6.45) is 0. The van der Waals surface area contributed by atoms with Crippen molar-refractivity contribution in [3.8, 4) is 0 Å². The van der Waals surface area contributed by atoms with E-state index in [2.05, 4.69) is 10.2 Å². The Morgan fingerprint density at radius 1 is 1.14 bits per heavy atom. The van der Waals surface area contributed by atoms with Crippen molar-refractivity contribution < 1.29 is 22.3 Å². The summed E-state index contributed by atoms with van der Waals surface area (Å²) in [5.41, 5.74) is 2.03. The van der Waals surface area contributed by atoms with E-state index in [1.807, 2.05) is 24.3 Å². The first-order valence-corrected chi connectivity index (χ1v) is 11.1. The van der Waals surface area contributed by atoms with E-state index in [4.69, 9.17) is 4.74 Å². The number of hydrogen-bond donors (Lipinski definition) is 1. The maximum Gasteiger partial charge on any atom is 0.238 e. The molecular weight excluding hydrogens is 395 g/mol. The predicted molar refractivity (Wildman–Crippen MR) is 107 cm³/mol. The van der Waals surface area contributed by atoms with E-state index in [9.17, 15) is 17.6 Å². The maximum absolute atomic E-state index is 13.0. The highest BCUT2D eigenvalue weighted by Crippen LogP contribution is 2.17. The molecule has 0 aromatic heterocycles. The number of nitrogens with zero attached hydrogens (tertiary/aromatic N) is 1. The normalized spacial score (nSPS) is 16.3. The Balaban J connectivity index is 1.59. The first-order chi connectivity index (χ1) is 13.9. The number of carbonyl (C=O) groups is 1. The highest BCUT2D eigenvalue weighted by Gasteiger charge is 2.29. The molecule has 1 aliphatic heterocycles. The number of benzene rings is 2. The molecule has 1 N–H and O–H groups in total. The Labute approximate surface area is 170 Å². The third kappa shape index (κ3) is 5.62. The molecule has 2 aromatic rings. The molecule has 8 heteroatoms. The topological polar surface area (TPSA) is 75.7 Å². The number of sulfone groups is 1. The summed E-state index contributed by atoms with van der Waals surface area (Å²) in [5, 5.41) is 1.42. The number of halogens is 1. The molecule has 1 heterocycles. The number of morpholine rings is 1. The average Bonchev–Trinajstić information content (AvgIpc) is 2.73. The van der Waals surface area contributed by atoms with Crippen molar-refractivity contribution in [2.45, 2.75) is 30.2 Å². The predicted octanol–water partition coefficient (Wildman–Crippen LogP) is 2.14. The van der Waals surface area contributed by atoms with E-state index in [-0.39, 0.29) is 11.4 Å². The summed E-state index contributed by atoms with van der Waals surface area (Å²) in [5.74, 6) is -1.12. The molecule has 1 unspecified atom stereocenters. The minimum absolute atomic E-state index is 0.0749. The van der Waals surface area contributed by atoms with Crippen molar-refractivity contribution in [3.05, 3.63) is 65.5 Å². The fraction of sp³-hybridized carbons (Fsp3) is 0.381. The van der Waals surface area contributed by atoms with Gasteiger partial charge in [-0.15, -0.1) is 0 Å². The first kappa shape index (κ1) is 21.4. The fourth-order valence-electron chi connectivity index (χ4n) is 3.16. The molecule has 0 bridgehead atoms. The lowest BCUT2D eigenvalue weighted by molar-refractivity contribution is -0.120. The number of ether oxygens (including phenoxy) is 1. The second-order valence-electron chi connectivity index (χ2n) is 7.07. The van der Waals surface area contributed by atoms with Crippen LogP contribution in [-0.2, 0) is 32.5 Å². The summed E-state index contributed by atoms with van der Waals surface area (Å²) in [6, 6.07) is 12.3. The van der Waals surface area contributed by atoms with E-state index < -0.39 is 26.8 Å². The number of carbonyl (C=O) groups excluding carboxylic acids is 1. The summed E-state index contributed by atoms with van der Waals surface area (Å²) in [6.45, 7) is 5.62. The third-order valence-corrected chi connectivity index (χ3v) is 7.02. The minimum Gasteiger partial charge on any atom is -0.379 e. The molecule has 156 valence electrons. The second kappa shape index (κ2) is 9.47. The number of hydrogen-bond acceptors (Lipinski definition) is 5.